The van der Waals surface area contributed by atoms with Gasteiger partial charge in [0.25, 0.3) is 0 Å². The van der Waals surface area contributed by atoms with Crippen LogP contribution in [0.4, 0.5) is 0 Å². The van der Waals surface area contributed by atoms with Crippen LogP contribution >= 0.6 is 0 Å². The summed E-state index contributed by atoms with van der Waals surface area (Å²) in [5.74, 6) is 0.588. The Labute approximate surface area is 153 Å². The maximum atomic E-state index is 11.8. The van der Waals surface area contributed by atoms with Crippen molar-refractivity contribution >= 4 is 16.1 Å². The fourth-order valence-corrected chi connectivity index (χ4v) is 3.27. The Balaban J connectivity index is 2.01. The summed E-state index contributed by atoms with van der Waals surface area (Å²) in [4.78, 5) is 11.4. The molecule has 0 fully saturated rings. The minimum absolute atomic E-state index is 0.223. The van der Waals surface area contributed by atoms with Crippen molar-refractivity contribution in [3.8, 4) is 16.9 Å². The summed E-state index contributed by atoms with van der Waals surface area (Å²) in [6.07, 6.45) is 1.92. The fourth-order valence-electron chi connectivity index (χ4n) is 2.60. The molecule has 3 rings (SSSR count). The molecular formula is C21H18O4S. The third-order valence-electron chi connectivity index (χ3n) is 3.95. The molecule has 0 atom stereocenters. The monoisotopic (exact) mass is 366 g/mol. The summed E-state index contributed by atoms with van der Waals surface area (Å²) < 4.78 is 29.6. The highest BCUT2D eigenvalue weighted by atomic mass is 32.2. The van der Waals surface area contributed by atoms with Gasteiger partial charge in [-0.05, 0) is 41.5 Å². The zero-order valence-corrected chi connectivity index (χ0v) is 15.1. The molecule has 0 aliphatic heterocycles. The molecular weight excluding hydrogens is 348 g/mol. The lowest BCUT2D eigenvalue weighted by atomic mass is 10.0. The van der Waals surface area contributed by atoms with Gasteiger partial charge in [-0.25, -0.2) is 8.42 Å². The molecule has 5 heteroatoms. The fraction of sp³-hybridized carbons (Fsp3) is 0.0952. The van der Waals surface area contributed by atoms with Crippen molar-refractivity contribution in [2.45, 2.75) is 11.5 Å². The topological polar surface area (TPSA) is 60.4 Å². The van der Waals surface area contributed by atoms with Gasteiger partial charge >= 0.3 is 0 Å². The van der Waals surface area contributed by atoms with E-state index in [4.69, 9.17) is 4.74 Å². The Morgan fingerprint density at radius 1 is 0.923 bits per heavy atom. The Morgan fingerprint density at radius 2 is 1.69 bits per heavy atom. The van der Waals surface area contributed by atoms with Crippen molar-refractivity contribution in [2.75, 3.05) is 6.26 Å². The summed E-state index contributed by atoms with van der Waals surface area (Å²) in [6.45, 7) is 0.375. The standard InChI is InChI=1S/C21H18O4S/c1-26(23,24)19-9-5-8-18(13-19)20-12-17(14-22)10-11-21(20)25-15-16-6-3-2-4-7-16/h2-14H,15H2,1H3. The number of benzene rings is 3. The van der Waals surface area contributed by atoms with Gasteiger partial charge in [0.1, 0.15) is 18.6 Å². The number of hydrogen-bond acceptors (Lipinski definition) is 4. The van der Waals surface area contributed by atoms with E-state index in [9.17, 15) is 13.2 Å². The lowest BCUT2D eigenvalue weighted by Gasteiger charge is -2.13. The van der Waals surface area contributed by atoms with Gasteiger partial charge in [0.15, 0.2) is 9.84 Å². The van der Waals surface area contributed by atoms with Crippen LogP contribution in [0, 0.1) is 0 Å². The molecule has 0 aliphatic carbocycles. The molecule has 0 amide bonds. The van der Waals surface area contributed by atoms with E-state index in [1.54, 1.807) is 42.5 Å². The quantitative estimate of drug-likeness (QED) is 0.615. The highest BCUT2D eigenvalue weighted by Gasteiger charge is 2.12. The van der Waals surface area contributed by atoms with Gasteiger partial charge in [-0.1, -0.05) is 42.5 Å². The van der Waals surface area contributed by atoms with Crippen molar-refractivity contribution in [3.63, 3.8) is 0 Å². The Bertz CT molecular complexity index is 1020. The summed E-state index contributed by atoms with van der Waals surface area (Å²) in [6, 6.07) is 21.5. The Kier molecular flexibility index (Phi) is 5.19. The molecule has 0 aromatic heterocycles. The summed E-state index contributed by atoms with van der Waals surface area (Å²) >= 11 is 0. The van der Waals surface area contributed by atoms with Gasteiger partial charge in [0.05, 0.1) is 4.90 Å². The molecule has 0 radical (unpaired) electrons. The van der Waals surface area contributed by atoms with Crippen LogP contribution in [-0.2, 0) is 16.4 Å². The first-order chi connectivity index (χ1) is 12.5. The molecule has 3 aromatic carbocycles. The van der Waals surface area contributed by atoms with Crippen LogP contribution in [0.15, 0.2) is 77.7 Å². The van der Waals surface area contributed by atoms with Gasteiger partial charge in [-0.2, -0.15) is 0 Å². The van der Waals surface area contributed by atoms with E-state index in [1.165, 1.54) is 6.26 Å². The lowest BCUT2D eigenvalue weighted by molar-refractivity contribution is 0.112. The van der Waals surface area contributed by atoms with Crippen LogP contribution in [0.1, 0.15) is 15.9 Å². The summed E-state index contributed by atoms with van der Waals surface area (Å²) in [7, 11) is -3.33. The van der Waals surface area contributed by atoms with Gasteiger partial charge in [-0.15, -0.1) is 0 Å². The molecule has 132 valence electrons. The second-order valence-corrected chi connectivity index (χ2v) is 7.96. The number of rotatable bonds is 6. The van der Waals surface area contributed by atoms with Crippen molar-refractivity contribution in [1.82, 2.24) is 0 Å². The van der Waals surface area contributed by atoms with Gasteiger partial charge in [-0.3, -0.25) is 4.79 Å². The number of aldehydes is 1. The smallest absolute Gasteiger partial charge is 0.175 e. The first-order valence-electron chi connectivity index (χ1n) is 8.04. The molecule has 0 N–H and O–H groups in total. The van der Waals surface area contributed by atoms with Crippen molar-refractivity contribution in [1.29, 1.82) is 0 Å². The molecule has 0 heterocycles. The number of carbonyl (C=O) groups excluding carboxylic acids is 1. The summed E-state index contributed by atoms with van der Waals surface area (Å²) in [5, 5.41) is 0. The molecule has 3 aromatic rings. The SMILES string of the molecule is CS(=O)(=O)c1cccc(-c2cc(C=O)ccc2OCc2ccccc2)c1. The highest BCUT2D eigenvalue weighted by molar-refractivity contribution is 7.90. The molecule has 0 unspecified atom stereocenters. The average molecular weight is 366 g/mol. The number of ether oxygens (including phenoxy) is 1. The second-order valence-electron chi connectivity index (χ2n) is 5.95. The largest absolute Gasteiger partial charge is 0.488 e. The lowest BCUT2D eigenvalue weighted by Crippen LogP contribution is -1.99. The molecule has 0 saturated heterocycles. The highest BCUT2D eigenvalue weighted by Crippen LogP contribution is 2.32. The third kappa shape index (κ3) is 4.18. The molecule has 0 spiro atoms. The zero-order chi connectivity index (χ0) is 18.6. The van der Waals surface area contributed by atoms with Crippen LogP contribution in [-0.4, -0.2) is 21.0 Å². The van der Waals surface area contributed by atoms with Crippen LogP contribution in [0.25, 0.3) is 11.1 Å². The van der Waals surface area contributed by atoms with Gasteiger partial charge in [0, 0.05) is 17.4 Å². The van der Waals surface area contributed by atoms with E-state index in [2.05, 4.69) is 0 Å². The van der Waals surface area contributed by atoms with Crippen LogP contribution in [0.2, 0.25) is 0 Å². The minimum Gasteiger partial charge on any atom is -0.488 e. The van der Waals surface area contributed by atoms with Crippen LogP contribution < -0.4 is 4.74 Å². The third-order valence-corrected chi connectivity index (χ3v) is 5.06. The second kappa shape index (κ2) is 7.54. The first-order valence-corrected chi connectivity index (χ1v) is 9.93. The van der Waals surface area contributed by atoms with E-state index in [1.807, 2.05) is 30.3 Å². The van der Waals surface area contributed by atoms with E-state index in [0.717, 1.165) is 11.8 Å². The normalized spacial score (nSPS) is 11.1. The molecule has 0 bridgehead atoms. The number of carbonyl (C=O) groups is 1. The molecule has 26 heavy (non-hydrogen) atoms. The van der Waals surface area contributed by atoms with Crippen molar-refractivity contribution in [2.24, 2.45) is 0 Å². The van der Waals surface area contributed by atoms with Gasteiger partial charge < -0.3 is 4.74 Å². The van der Waals surface area contributed by atoms with E-state index >= 15 is 0 Å². The van der Waals surface area contributed by atoms with Crippen molar-refractivity contribution < 1.29 is 17.9 Å². The first kappa shape index (κ1) is 17.9. The predicted molar refractivity (Wildman–Crippen MR) is 101 cm³/mol. The maximum absolute atomic E-state index is 11.8. The summed E-state index contributed by atoms with van der Waals surface area (Å²) in [5.41, 5.74) is 2.87. The van der Waals surface area contributed by atoms with E-state index in [-0.39, 0.29) is 4.90 Å². The van der Waals surface area contributed by atoms with E-state index in [0.29, 0.717) is 29.0 Å². The number of hydrogen-bond donors (Lipinski definition) is 0. The van der Waals surface area contributed by atoms with Gasteiger partial charge in [0.2, 0.25) is 0 Å². The predicted octanol–water partition coefficient (Wildman–Crippen LogP) is 4.15. The Hall–Kier alpha value is -2.92. The van der Waals surface area contributed by atoms with Crippen LogP contribution in [0.3, 0.4) is 0 Å². The number of sulfone groups is 1. The molecule has 4 nitrogen and oxygen atoms in total. The Morgan fingerprint density at radius 3 is 2.38 bits per heavy atom. The maximum Gasteiger partial charge on any atom is 0.175 e. The molecule has 0 aliphatic rings. The average Bonchev–Trinajstić information content (AvgIpc) is 2.66. The minimum atomic E-state index is -3.33. The van der Waals surface area contributed by atoms with Crippen molar-refractivity contribution in [3.05, 3.63) is 83.9 Å². The van der Waals surface area contributed by atoms with Crippen LogP contribution in [0.5, 0.6) is 5.75 Å². The van der Waals surface area contributed by atoms with E-state index < -0.39 is 9.84 Å². The molecule has 0 saturated carbocycles. The zero-order valence-electron chi connectivity index (χ0n) is 14.3.